The Kier molecular flexibility index (Phi) is 6.23. The van der Waals surface area contributed by atoms with Crippen LogP contribution < -0.4 is 0 Å². The number of nitriles is 1. The van der Waals surface area contributed by atoms with Gasteiger partial charge in [0, 0.05) is 31.9 Å². The fourth-order valence-corrected chi connectivity index (χ4v) is 4.48. The molecule has 0 radical (unpaired) electrons. The van der Waals surface area contributed by atoms with Gasteiger partial charge in [0.15, 0.2) is 5.69 Å². The van der Waals surface area contributed by atoms with Crippen LogP contribution in [0.5, 0.6) is 0 Å². The Morgan fingerprint density at radius 3 is 2.68 bits per heavy atom. The Balaban J connectivity index is 1.27. The summed E-state index contributed by atoms with van der Waals surface area (Å²) in [5, 5.41) is 14.0. The first-order valence-electron chi connectivity index (χ1n) is 12.5. The molecular formula is C27H30N6O4. The highest BCUT2D eigenvalue weighted by molar-refractivity contribution is 5.92. The van der Waals surface area contributed by atoms with Crippen LogP contribution in [0.15, 0.2) is 41.3 Å². The van der Waals surface area contributed by atoms with Gasteiger partial charge in [-0.3, -0.25) is 4.79 Å². The van der Waals surface area contributed by atoms with Crippen molar-refractivity contribution in [3.63, 3.8) is 0 Å². The van der Waals surface area contributed by atoms with Crippen LogP contribution >= 0.6 is 0 Å². The van der Waals surface area contributed by atoms with E-state index in [1.54, 1.807) is 26.9 Å². The number of oxazole rings is 1. The highest BCUT2D eigenvalue weighted by Crippen LogP contribution is 2.40. The minimum Gasteiger partial charge on any atom is -0.444 e. The van der Waals surface area contributed by atoms with E-state index in [-0.39, 0.29) is 29.6 Å². The number of carbonyl (C=O) groups is 2. The SMILES string of the molecule is C[C@H]1CN(C(=O)c2coc(-c3cnn(-c4ccc(C5CC5)cc4C#N)c3)n2)CCN1C(=O)OC(C)(C)C. The lowest BCUT2D eigenvalue weighted by Gasteiger charge is -2.39. The smallest absolute Gasteiger partial charge is 0.410 e. The Labute approximate surface area is 215 Å². The number of rotatable bonds is 4. The van der Waals surface area contributed by atoms with Crippen molar-refractivity contribution < 1.29 is 18.7 Å². The largest absolute Gasteiger partial charge is 0.444 e. The number of piperazine rings is 1. The number of ether oxygens (including phenoxy) is 1. The zero-order valence-corrected chi connectivity index (χ0v) is 21.5. The molecule has 1 saturated heterocycles. The summed E-state index contributed by atoms with van der Waals surface area (Å²) >= 11 is 0. The van der Waals surface area contributed by atoms with Gasteiger partial charge in [-0.05, 0) is 64.2 Å². The molecule has 0 unspecified atom stereocenters. The lowest BCUT2D eigenvalue weighted by Crippen LogP contribution is -2.56. The van der Waals surface area contributed by atoms with E-state index in [9.17, 15) is 14.9 Å². The summed E-state index contributed by atoms with van der Waals surface area (Å²) in [5.74, 6) is 0.560. The molecule has 3 heterocycles. The molecule has 10 nitrogen and oxygen atoms in total. The first kappa shape index (κ1) is 24.6. The molecule has 1 aromatic carbocycles. The number of hydrogen-bond donors (Lipinski definition) is 0. The number of aromatic nitrogens is 3. The topological polar surface area (TPSA) is 117 Å². The van der Waals surface area contributed by atoms with E-state index in [4.69, 9.17) is 9.15 Å². The second-order valence-corrected chi connectivity index (χ2v) is 10.6. The van der Waals surface area contributed by atoms with Gasteiger partial charge in [0.25, 0.3) is 5.91 Å². The zero-order chi connectivity index (χ0) is 26.3. The molecule has 2 amide bonds. The van der Waals surface area contributed by atoms with Crippen LogP contribution in [0.2, 0.25) is 0 Å². The monoisotopic (exact) mass is 502 g/mol. The van der Waals surface area contributed by atoms with Gasteiger partial charge in [-0.1, -0.05) is 6.07 Å². The van der Waals surface area contributed by atoms with Crippen LogP contribution in [0.25, 0.3) is 17.1 Å². The Hall–Kier alpha value is -4.13. The van der Waals surface area contributed by atoms with Gasteiger partial charge >= 0.3 is 6.09 Å². The standard InChI is InChI=1S/C27H30N6O4/c1-17-14-31(9-10-32(17)26(35)37-27(2,3)4)25(34)22-16-36-24(30-22)21-13-29-33(15-21)23-8-7-19(18-5-6-18)11-20(23)12-28/h7-8,11,13,15-18H,5-6,9-10,14H2,1-4H3/t17-/m0/s1. The molecule has 1 saturated carbocycles. The normalized spacial score (nSPS) is 18.0. The van der Waals surface area contributed by atoms with Gasteiger partial charge in [0.1, 0.15) is 17.9 Å². The molecular weight excluding hydrogens is 472 g/mol. The summed E-state index contributed by atoms with van der Waals surface area (Å²) in [6.45, 7) is 8.48. The fraction of sp³-hybridized carbons (Fsp3) is 0.444. The quantitative estimate of drug-likeness (QED) is 0.520. The van der Waals surface area contributed by atoms with E-state index in [1.807, 2.05) is 45.9 Å². The average Bonchev–Trinajstić information content (AvgIpc) is 3.38. The molecule has 1 atom stereocenters. The molecule has 1 aliphatic heterocycles. The lowest BCUT2D eigenvalue weighted by atomic mass is 10.1. The van der Waals surface area contributed by atoms with Crippen LogP contribution in [0.1, 0.15) is 68.1 Å². The van der Waals surface area contributed by atoms with Crippen LogP contribution in [0, 0.1) is 11.3 Å². The van der Waals surface area contributed by atoms with Crippen molar-refractivity contribution >= 4 is 12.0 Å². The maximum Gasteiger partial charge on any atom is 0.410 e. The molecule has 10 heteroatoms. The molecule has 5 rings (SSSR count). The van der Waals surface area contributed by atoms with Crippen LogP contribution in [0.3, 0.4) is 0 Å². The molecule has 2 fully saturated rings. The van der Waals surface area contributed by atoms with Crippen molar-refractivity contribution in [1.82, 2.24) is 24.6 Å². The predicted octanol–water partition coefficient (Wildman–Crippen LogP) is 4.36. The average molecular weight is 503 g/mol. The fourth-order valence-electron chi connectivity index (χ4n) is 4.48. The third kappa shape index (κ3) is 5.21. The van der Waals surface area contributed by atoms with E-state index < -0.39 is 5.60 Å². The summed E-state index contributed by atoms with van der Waals surface area (Å²) in [4.78, 5) is 33.3. The number of amides is 2. The molecule has 2 aliphatic rings. The number of hydrogen-bond acceptors (Lipinski definition) is 7. The summed E-state index contributed by atoms with van der Waals surface area (Å²) in [5.41, 5.74) is 2.62. The van der Waals surface area contributed by atoms with Crippen molar-refractivity contribution in [2.45, 2.75) is 58.1 Å². The molecule has 3 aromatic rings. The van der Waals surface area contributed by atoms with Gasteiger partial charge in [0.2, 0.25) is 5.89 Å². The summed E-state index contributed by atoms with van der Waals surface area (Å²) in [6.07, 6.45) is 6.62. The highest BCUT2D eigenvalue weighted by Gasteiger charge is 2.33. The maximum atomic E-state index is 13.1. The van der Waals surface area contributed by atoms with E-state index in [2.05, 4.69) is 16.2 Å². The third-order valence-corrected chi connectivity index (χ3v) is 6.53. The molecule has 192 valence electrons. The van der Waals surface area contributed by atoms with Gasteiger partial charge < -0.3 is 19.0 Å². The minimum absolute atomic E-state index is 0.187. The molecule has 37 heavy (non-hydrogen) atoms. The van der Waals surface area contributed by atoms with E-state index in [0.717, 1.165) is 0 Å². The van der Waals surface area contributed by atoms with Gasteiger partial charge in [-0.2, -0.15) is 10.4 Å². The maximum absolute atomic E-state index is 13.1. The summed E-state index contributed by atoms with van der Waals surface area (Å²) < 4.78 is 12.7. The van der Waals surface area contributed by atoms with E-state index >= 15 is 0 Å². The van der Waals surface area contributed by atoms with Crippen LogP contribution in [-0.2, 0) is 4.74 Å². The Bertz CT molecular complexity index is 1370. The number of benzene rings is 1. The highest BCUT2D eigenvalue weighted by atomic mass is 16.6. The van der Waals surface area contributed by atoms with Gasteiger partial charge in [0.05, 0.1) is 23.0 Å². The predicted molar refractivity (Wildman–Crippen MR) is 134 cm³/mol. The second-order valence-electron chi connectivity index (χ2n) is 10.6. The Morgan fingerprint density at radius 2 is 2.00 bits per heavy atom. The molecule has 0 N–H and O–H groups in total. The van der Waals surface area contributed by atoms with E-state index in [1.165, 1.54) is 24.7 Å². The van der Waals surface area contributed by atoms with Crippen LogP contribution in [-0.4, -0.2) is 67.8 Å². The van der Waals surface area contributed by atoms with Gasteiger partial charge in [-0.25, -0.2) is 14.5 Å². The van der Waals surface area contributed by atoms with Crippen molar-refractivity contribution in [3.05, 3.63) is 53.7 Å². The van der Waals surface area contributed by atoms with Crippen molar-refractivity contribution in [2.24, 2.45) is 0 Å². The van der Waals surface area contributed by atoms with Gasteiger partial charge in [-0.15, -0.1) is 0 Å². The Morgan fingerprint density at radius 1 is 1.22 bits per heavy atom. The first-order chi connectivity index (χ1) is 17.6. The summed E-state index contributed by atoms with van der Waals surface area (Å²) in [6, 6.07) is 7.95. The minimum atomic E-state index is -0.578. The number of carbonyl (C=O) groups excluding carboxylic acids is 2. The zero-order valence-electron chi connectivity index (χ0n) is 21.5. The van der Waals surface area contributed by atoms with Crippen molar-refractivity contribution in [1.29, 1.82) is 5.26 Å². The first-order valence-corrected chi connectivity index (χ1v) is 12.5. The van der Waals surface area contributed by atoms with Crippen molar-refractivity contribution in [3.8, 4) is 23.2 Å². The lowest BCUT2D eigenvalue weighted by molar-refractivity contribution is 0.00189. The molecule has 0 spiro atoms. The summed E-state index contributed by atoms with van der Waals surface area (Å²) in [7, 11) is 0. The molecule has 1 aliphatic carbocycles. The molecule has 2 aromatic heterocycles. The van der Waals surface area contributed by atoms with Crippen molar-refractivity contribution in [2.75, 3.05) is 19.6 Å². The number of nitrogens with zero attached hydrogens (tertiary/aromatic N) is 6. The molecule has 0 bridgehead atoms. The van der Waals surface area contributed by atoms with E-state index in [0.29, 0.717) is 42.4 Å². The third-order valence-electron chi connectivity index (χ3n) is 6.53. The second kappa shape index (κ2) is 9.39. The van der Waals surface area contributed by atoms with Crippen LogP contribution in [0.4, 0.5) is 4.79 Å².